The molecule has 0 saturated heterocycles. The predicted molar refractivity (Wildman–Crippen MR) is 160 cm³/mol. The quantitative estimate of drug-likeness (QED) is 0.213. The van der Waals surface area contributed by atoms with E-state index in [4.69, 9.17) is 0 Å². The van der Waals surface area contributed by atoms with Gasteiger partial charge in [-0.1, -0.05) is 104 Å². The Balaban J connectivity index is 1.43. The van der Waals surface area contributed by atoms with Crippen LogP contribution in [0, 0.1) is 13.8 Å². The van der Waals surface area contributed by atoms with Crippen LogP contribution in [0.3, 0.4) is 0 Å². The lowest BCUT2D eigenvalue weighted by Gasteiger charge is -2.26. The molecule has 37 heavy (non-hydrogen) atoms. The van der Waals surface area contributed by atoms with Crippen molar-refractivity contribution in [3.8, 4) is 22.3 Å². The second-order valence-electron chi connectivity index (χ2n) is 9.93. The fourth-order valence-corrected chi connectivity index (χ4v) is 4.81. The van der Waals surface area contributed by atoms with Crippen molar-refractivity contribution in [3.63, 3.8) is 0 Å². The second-order valence-corrected chi connectivity index (χ2v) is 9.93. The third kappa shape index (κ3) is 5.84. The van der Waals surface area contributed by atoms with E-state index in [0.29, 0.717) is 0 Å². The molecule has 0 N–H and O–H groups in total. The molecule has 0 bridgehead atoms. The van der Waals surface area contributed by atoms with E-state index in [0.717, 1.165) is 12.1 Å². The molecule has 0 heterocycles. The predicted octanol–water partition coefficient (Wildman–Crippen LogP) is 10.4. The summed E-state index contributed by atoms with van der Waals surface area (Å²) in [5.74, 6) is 0. The van der Waals surface area contributed by atoms with E-state index < -0.39 is 0 Å². The third-order valence-electron chi connectivity index (χ3n) is 7.00. The monoisotopic (exact) mass is 481 g/mol. The summed E-state index contributed by atoms with van der Waals surface area (Å²) in [6, 6.07) is 44.3. The maximum atomic E-state index is 2.35. The van der Waals surface area contributed by atoms with Gasteiger partial charge >= 0.3 is 0 Å². The Bertz CT molecular complexity index is 1430. The SMILES string of the molecule is CCCCc1ccc(N(c2ccc(-c3ccc(-c4ccc(C)cc4)cc3)cc2)c2cccc(C)c2)cc1. The first-order valence-corrected chi connectivity index (χ1v) is 13.3. The van der Waals surface area contributed by atoms with Gasteiger partial charge in [0.25, 0.3) is 0 Å². The molecule has 184 valence electrons. The molecule has 0 aliphatic rings. The Labute approximate surface area is 222 Å². The Hall–Kier alpha value is -4.10. The lowest BCUT2D eigenvalue weighted by Crippen LogP contribution is -2.10. The van der Waals surface area contributed by atoms with Gasteiger partial charge in [-0.05, 0) is 96.5 Å². The first-order valence-electron chi connectivity index (χ1n) is 13.3. The Kier molecular flexibility index (Phi) is 7.51. The van der Waals surface area contributed by atoms with E-state index in [-0.39, 0.29) is 0 Å². The first kappa shape index (κ1) is 24.6. The van der Waals surface area contributed by atoms with Gasteiger partial charge in [-0.25, -0.2) is 0 Å². The normalized spacial score (nSPS) is 10.9. The van der Waals surface area contributed by atoms with Crippen LogP contribution in [0.1, 0.15) is 36.5 Å². The van der Waals surface area contributed by atoms with Crippen LogP contribution in [0.2, 0.25) is 0 Å². The number of aryl methyl sites for hydroxylation is 3. The fraction of sp³-hybridized carbons (Fsp3) is 0.167. The first-order chi connectivity index (χ1) is 18.1. The molecule has 0 saturated carbocycles. The van der Waals surface area contributed by atoms with Crippen LogP contribution in [0.15, 0.2) is 121 Å². The molecule has 1 heteroatoms. The number of unbranched alkanes of at least 4 members (excludes halogenated alkanes) is 1. The second kappa shape index (κ2) is 11.3. The zero-order chi connectivity index (χ0) is 25.6. The number of rotatable bonds is 8. The molecule has 0 spiro atoms. The maximum Gasteiger partial charge on any atom is 0.0464 e. The van der Waals surface area contributed by atoms with Crippen molar-refractivity contribution in [2.24, 2.45) is 0 Å². The minimum Gasteiger partial charge on any atom is -0.310 e. The molecule has 0 unspecified atom stereocenters. The minimum atomic E-state index is 1.14. The molecular formula is C36H35N. The summed E-state index contributed by atoms with van der Waals surface area (Å²) in [5.41, 5.74) is 12.4. The average molecular weight is 482 g/mol. The summed E-state index contributed by atoms with van der Waals surface area (Å²) in [7, 11) is 0. The molecule has 5 aromatic carbocycles. The van der Waals surface area contributed by atoms with Crippen molar-refractivity contribution in [1.82, 2.24) is 0 Å². The molecule has 0 atom stereocenters. The van der Waals surface area contributed by atoms with E-state index in [2.05, 4.69) is 147 Å². The van der Waals surface area contributed by atoms with Crippen molar-refractivity contribution < 1.29 is 0 Å². The molecule has 0 aliphatic heterocycles. The molecule has 0 amide bonds. The molecule has 5 rings (SSSR count). The lowest BCUT2D eigenvalue weighted by atomic mass is 9.99. The largest absolute Gasteiger partial charge is 0.310 e. The van der Waals surface area contributed by atoms with Gasteiger partial charge in [0, 0.05) is 17.1 Å². The summed E-state index contributed by atoms with van der Waals surface area (Å²) in [6.07, 6.45) is 3.59. The van der Waals surface area contributed by atoms with Crippen LogP contribution >= 0.6 is 0 Å². The summed E-state index contributed by atoms with van der Waals surface area (Å²) >= 11 is 0. The van der Waals surface area contributed by atoms with Crippen molar-refractivity contribution >= 4 is 17.1 Å². The van der Waals surface area contributed by atoms with E-state index in [9.17, 15) is 0 Å². The van der Waals surface area contributed by atoms with Gasteiger partial charge in [0.2, 0.25) is 0 Å². The minimum absolute atomic E-state index is 1.14. The zero-order valence-corrected chi connectivity index (χ0v) is 22.1. The Morgan fingerprint density at radius 1 is 0.486 bits per heavy atom. The molecule has 0 aromatic heterocycles. The van der Waals surface area contributed by atoms with E-state index in [1.807, 2.05) is 0 Å². The van der Waals surface area contributed by atoms with Crippen molar-refractivity contribution in [2.45, 2.75) is 40.0 Å². The van der Waals surface area contributed by atoms with E-state index >= 15 is 0 Å². The summed E-state index contributed by atoms with van der Waals surface area (Å²) < 4.78 is 0. The maximum absolute atomic E-state index is 2.35. The summed E-state index contributed by atoms with van der Waals surface area (Å²) in [5, 5.41) is 0. The van der Waals surface area contributed by atoms with Gasteiger partial charge in [-0.15, -0.1) is 0 Å². The standard InChI is InChI=1S/C36H35N/c1-4-5-8-29-12-22-34(23-13-29)37(36-9-6-7-28(3)26-36)35-24-20-33(21-25-35)32-18-16-31(17-19-32)30-14-10-27(2)11-15-30/h6-7,9-26H,4-5,8H2,1-3H3. The smallest absolute Gasteiger partial charge is 0.0464 e. The molecule has 0 aliphatic carbocycles. The highest BCUT2D eigenvalue weighted by Crippen LogP contribution is 2.36. The highest BCUT2D eigenvalue weighted by molar-refractivity contribution is 5.79. The molecular weight excluding hydrogens is 446 g/mol. The van der Waals surface area contributed by atoms with E-state index in [1.54, 1.807) is 0 Å². The van der Waals surface area contributed by atoms with Crippen LogP contribution < -0.4 is 4.90 Å². The van der Waals surface area contributed by atoms with Crippen molar-refractivity contribution in [2.75, 3.05) is 4.90 Å². The van der Waals surface area contributed by atoms with Crippen molar-refractivity contribution in [1.29, 1.82) is 0 Å². The number of nitrogens with zero attached hydrogens (tertiary/aromatic N) is 1. The highest BCUT2D eigenvalue weighted by Gasteiger charge is 2.13. The van der Waals surface area contributed by atoms with Crippen LogP contribution in [-0.2, 0) is 6.42 Å². The molecule has 1 nitrogen and oxygen atoms in total. The van der Waals surface area contributed by atoms with Gasteiger partial charge in [-0.2, -0.15) is 0 Å². The summed E-state index contributed by atoms with van der Waals surface area (Å²) in [6.45, 7) is 6.52. The molecule has 5 aromatic rings. The molecule has 0 radical (unpaired) electrons. The number of benzene rings is 5. The van der Waals surface area contributed by atoms with Crippen molar-refractivity contribution in [3.05, 3.63) is 138 Å². The average Bonchev–Trinajstić information content (AvgIpc) is 2.94. The van der Waals surface area contributed by atoms with Crippen LogP contribution in [-0.4, -0.2) is 0 Å². The topological polar surface area (TPSA) is 3.24 Å². The Morgan fingerprint density at radius 3 is 1.49 bits per heavy atom. The molecule has 0 fully saturated rings. The zero-order valence-electron chi connectivity index (χ0n) is 22.1. The van der Waals surface area contributed by atoms with Crippen LogP contribution in [0.5, 0.6) is 0 Å². The van der Waals surface area contributed by atoms with Gasteiger partial charge < -0.3 is 4.90 Å². The van der Waals surface area contributed by atoms with Crippen LogP contribution in [0.25, 0.3) is 22.3 Å². The number of hydrogen-bond acceptors (Lipinski definition) is 1. The van der Waals surface area contributed by atoms with Gasteiger partial charge in [0.1, 0.15) is 0 Å². The Morgan fingerprint density at radius 2 is 0.973 bits per heavy atom. The third-order valence-corrected chi connectivity index (χ3v) is 7.00. The fourth-order valence-electron chi connectivity index (χ4n) is 4.81. The highest BCUT2D eigenvalue weighted by atomic mass is 15.1. The van der Waals surface area contributed by atoms with Crippen LogP contribution in [0.4, 0.5) is 17.1 Å². The number of hydrogen-bond donors (Lipinski definition) is 0. The lowest BCUT2D eigenvalue weighted by molar-refractivity contribution is 0.795. The summed E-state index contributed by atoms with van der Waals surface area (Å²) in [4.78, 5) is 2.35. The van der Waals surface area contributed by atoms with E-state index in [1.165, 1.54) is 63.2 Å². The number of anilines is 3. The van der Waals surface area contributed by atoms with Gasteiger partial charge in [0.15, 0.2) is 0 Å². The van der Waals surface area contributed by atoms with Gasteiger partial charge in [0.05, 0.1) is 0 Å². The van der Waals surface area contributed by atoms with Gasteiger partial charge in [-0.3, -0.25) is 0 Å².